The molecule has 20 heavy (non-hydrogen) atoms. The Bertz CT molecular complexity index is 608. The summed E-state index contributed by atoms with van der Waals surface area (Å²) in [5.41, 5.74) is 9.63. The molecule has 106 valence electrons. The van der Waals surface area contributed by atoms with Crippen LogP contribution >= 0.6 is 15.9 Å². The highest BCUT2D eigenvalue weighted by molar-refractivity contribution is 9.10. The van der Waals surface area contributed by atoms with Crippen LogP contribution in [0.5, 0.6) is 5.88 Å². The van der Waals surface area contributed by atoms with E-state index in [2.05, 4.69) is 31.2 Å². The van der Waals surface area contributed by atoms with Gasteiger partial charge in [0.15, 0.2) is 5.82 Å². The lowest BCUT2D eigenvalue weighted by Gasteiger charge is -2.15. The van der Waals surface area contributed by atoms with Crippen LogP contribution in [-0.2, 0) is 0 Å². The Balaban J connectivity index is 2.38. The minimum atomic E-state index is 0.400. The Morgan fingerprint density at radius 1 is 1.25 bits per heavy atom. The lowest BCUT2D eigenvalue weighted by atomic mass is 10.1. The van der Waals surface area contributed by atoms with Crippen molar-refractivity contribution in [1.29, 1.82) is 0 Å². The summed E-state index contributed by atoms with van der Waals surface area (Å²) in [6.07, 6.45) is 1.44. The van der Waals surface area contributed by atoms with Gasteiger partial charge in [0.25, 0.3) is 0 Å². The van der Waals surface area contributed by atoms with E-state index in [4.69, 9.17) is 10.5 Å². The number of anilines is 3. The van der Waals surface area contributed by atoms with Crippen LogP contribution in [0.1, 0.15) is 18.1 Å². The van der Waals surface area contributed by atoms with Crippen LogP contribution in [0.15, 0.2) is 22.9 Å². The van der Waals surface area contributed by atoms with Crippen LogP contribution in [0, 0.1) is 13.8 Å². The maximum Gasteiger partial charge on any atom is 0.242 e. The summed E-state index contributed by atoms with van der Waals surface area (Å²) < 4.78 is 6.42. The molecule has 1 aromatic carbocycles. The van der Waals surface area contributed by atoms with Crippen molar-refractivity contribution in [3.8, 4) is 5.88 Å². The number of nitrogens with one attached hydrogen (secondary N) is 1. The Morgan fingerprint density at radius 2 is 1.90 bits per heavy atom. The fourth-order valence-corrected chi connectivity index (χ4v) is 2.64. The van der Waals surface area contributed by atoms with Gasteiger partial charge in [-0.25, -0.2) is 4.98 Å². The van der Waals surface area contributed by atoms with E-state index in [-0.39, 0.29) is 0 Å². The minimum Gasteiger partial charge on any atom is -0.476 e. The molecule has 0 bridgehead atoms. The number of nitrogen functional groups attached to an aromatic ring is 1. The Labute approximate surface area is 126 Å². The van der Waals surface area contributed by atoms with E-state index in [9.17, 15) is 0 Å². The second kappa shape index (κ2) is 6.09. The lowest BCUT2D eigenvalue weighted by molar-refractivity contribution is 0.328. The van der Waals surface area contributed by atoms with Gasteiger partial charge < -0.3 is 15.8 Å². The largest absolute Gasteiger partial charge is 0.476 e. The van der Waals surface area contributed by atoms with E-state index in [1.165, 1.54) is 6.33 Å². The summed E-state index contributed by atoms with van der Waals surface area (Å²) in [7, 11) is 0. The number of benzene rings is 1. The molecule has 0 aliphatic carbocycles. The maximum absolute atomic E-state index is 6.03. The van der Waals surface area contributed by atoms with Crippen LogP contribution in [0.25, 0.3) is 0 Å². The molecule has 6 heteroatoms. The molecule has 0 fully saturated rings. The van der Waals surface area contributed by atoms with Gasteiger partial charge in [-0.1, -0.05) is 15.9 Å². The molecule has 0 amide bonds. The first kappa shape index (κ1) is 14.6. The summed E-state index contributed by atoms with van der Waals surface area (Å²) in [4.78, 5) is 8.21. The van der Waals surface area contributed by atoms with E-state index < -0.39 is 0 Å². The number of hydrogen-bond acceptors (Lipinski definition) is 5. The highest BCUT2D eigenvalue weighted by Gasteiger charge is 2.11. The minimum absolute atomic E-state index is 0.400. The van der Waals surface area contributed by atoms with E-state index >= 15 is 0 Å². The van der Waals surface area contributed by atoms with E-state index in [0.29, 0.717) is 24.0 Å². The summed E-state index contributed by atoms with van der Waals surface area (Å²) in [6, 6.07) is 4.08. The van der Waals surface area contributed by atoms with Crippen molar-refractivity contribution >= 4 is 33.1 Å². The molecule has 0 aliphatic heterocycles. The highest BCUT2D eigenvalue weighted by Crippen LogP contribution is 2.31. The molecule has 2 aromatic rings. The van der Waals surface area contributed by atoms with Crippen molar-refractivity contribution < 1.29 is 4.74 Å². The van der Waals surface area contributed by atoms with E-state index in [1.807, 2.05) is 32.9 Å². The van der Waals surface area contributed by atoms with Crippen LogP contribution in [0.3, 0.4) is 0 Å². The van der Waals surface area contributed by atoms with Gasteiger partial charge in [0.05, 0.1) is 6.61 Å². The summed E-state index contributed by atoms with van der Waals surface area (Å²) in [6.45, 7) is 6.45. The predicted octanol–water partition coefficient (Wildman–Crippen LogP) is 3.58. The number of ether oxygens (including phenoxy) is 1. The first-order chi connectivity index (χ1) is 9.52. The van der Waals surface area contributed by atoms with E-state index in [1.54, 1.807) is 0 Å². The molecule has 0 spiro atoms. The third-order valence-electron chi connectivity index (χ3n) is 2.87. The second-order valence-electron chi connectivity index (χ2n) is 4.41. The molecule has 1 aromatic heterocycles. The van der Waals surface area contributed by atoms with Crippen molar-refractivity contribution in [1.82, 2.24) is 9.97 Å². The number of hydrogen-bond donors (Lipinski definition) is 2. The summed E-state index contributed by atoms with van der Waals surface area (Å²) in [5.74, 6) is 0.953. The number of aromatic nitrogens is 2. The van der Waals surface area contributed by atoms with Crippen molar-refractivity contribution in [2.24, 2.45) is 0 Å². The predicted molar refractivity (Wildman–Crippen MR) is 84.5 cm³/mol. The summed E-state index contributed by atoms with van der Waals surface area (Å²) >= 11 is 3.48. The first-order valence-electron chi connectivity index (χ1n) is 6.30. The van der Waals surface area contributed by atoms with Gasteiger partial charge in [-0.15, -0.1) is 0 Å². The van der Waals surface area contributed by atoms with Gasteiger partial charge in [0, 0.05) is 10.2 Å². The van der Waals surface area contributed by atoms with Crippen molar-refractivity contribution in [2.75, 3.05) is 17.7 Å². The zero-order valence-electron chi connectivity index (χ0n) is 11.7. The molecule has 0 unspecified atom stereocenters. The van der Waals surface area contributed by atoms with Crippen LogP contribution < -0.4 is 15.8 Å². The molecule has 0 atom stereocenters. The van der Waals surface area contributed by atoms with Crippen LogP contribution in [0.2, 0.25) is 0 Å². The van der Waals surface area contributed by atoms with Gasteiger partial charge in [0.2, 0.25) is 5.88 Å². The maximum atomic E-state index is 6.03. The van der Waals surface area contributed by atoms with Crippen LogP contribution in [0.4, 0.5) is 17.2 Å². The van der Waals surface area contributed by atoms with E-state index in [0.717, 1.165) is 21.3 Å². The molecular formula is C14H17BrN4O. The fourth-order valence-electron chi connectivity index (χ4n) is 1.96. The van der Waals surface area contributed by atoms with Gasteiger partial charge in [-0.05, 0) is 44.0 Å². The Hall–Kier alpha value is -1.82. The van der Waals surface area contributed by atoms with Crippen LogP contribution in [-0.4, -0.2) is 16.6 Å². The molecular weight excluding hydrogens is 320 g/mol. The Kier molecular flexibility index (Phi) is 4.44. The highest BCUT2D eigenvalue weighted by atomic mass is 79.9. The fraction of sp³-hybridized carbons (Fsp3) is 0.286. The number of nitrogens with zero attached hydrogens (tertiary/aromatic N) is 2. The topological polar surface area (TPSA) is 73.1 Å². The molecule has 0 saturated heterocycles. The zero-order chi connectivity index (χ0) is 14.7. The van der Waals surface area contributed by atoms with Crippen molar-refractivity contribution in [3.05, 3.63) is 34.1 Å². The number of nitrogens with two attached hydrogens (primary N) is 1. The first-order valence-corrected chi connectivity index (χ1v) is 7.09. The lowest BCUT2D eigenvalue weighted by Crippen LogP contribution is -2.06. The number of aryl methyl sites for hydroxylation is 2. The smallest absolute Gasteiger partial charge is 0.242 e. The molecule has 0 saturated carbocycles. The third-order valence-corrected chi connectivity index (χ3v) is 3.33. The standard InChI is InChI=1S/C14H17BrN4O/c1-4-20-14-11(16)13(17-7-18-14)19-12-8(2)5-10(15)6-9(12)3/h5-7H,4,16H2,1-3H3,(H,17,18,19). The SMILES string of the molecule is CCOc1ncnc(Nc2c(C)cc(Br)cc2C)c1N. The average Bonchev–Trinajstić information content (AvgIpc) is 2.38. The average molecular weight is 337 g/mol. The van der Waals surface area contributed by atoms with Gasteiger partial charge >= 0.3 is 0 Å². The molecule has 5 nitrogen and oxygen atoms in total. The van der Waals surface area contributed by atoms with Gasteiger partial charge in [-0.3, -0.25) is 0 Å². The monoisotopic (exact) mass is 336 g/mol. The van der Waals surface area contributed by atoms with Gasteiger partial charge in [-0.2, -0.15) is 4.98 Å². The third kappa shape index (κ3) is 3.01. The summed E-state index contributed by atoms with van der Waals surface area (Å²) in [5, 5.41) is 3.26. The molecule has 0 aliphatic rings. The number of rotatable bonds is 4. The second-order valence-corrected chi connectivity index (χ2v) is 5.33. The molecule has 0 radical (unpaired) electrons. The normalized spacial score (nSPS) is 10.4. The van der Waals surface area contributed by atoms with Gasteiger partial charge in [0.1, 0.15) is 12.0 Å². The quantitative estimate of drug-likeness (QED) is 0.892. The Morgan fingerprint density at radius 3 is 2.50 bits per heavy atom. The van der Waals surface area contributed by atoms with Crippen molar-refractivity contribution in [2.45, 2.75) is 20.8 Å². The van der Waals surface area contributed by atoms with Crippen molar-refractivity contribution in [3.63, 3.8) is 0 Å². The zero-order valence-corrected chi connectivity index (χ0v) is 13.3. The molecule has 3 N–H and O–H groups in total. The molecule has 1 heterocycles. The molecule has 2 rings (SSSR count). The number of halogens is 1.